The molecule has 3 rings (SSSR count). The lowest BCUT2D eigenvalue weighted by Crippen LogP contribution is -2.45. The van der Waals surface area contributed by atoms with E-state index in [-0.39, 0.29) is 24.9 Å². The number of benzene rings is 2. The molecule has 0 radical (unpaired) electrons. The number of hydrogen-bond donors (Lipinski definition) is 2. The average Bonchev–Trinajstić information content (AvgIpc) is 2.70. The highest BCUT2D eigenvalue weighted by Gasteiger charge is 2.22. The van der Waals surface area contributed by atoms with Crippen LogP contribution in [-0.2, 0) is 16.0 Å². The molecule has 0 bridgehead atoms. The van der Waals surface area contributed by atoms with Gasteiger partial charge in [0.1, 0.15) is 0 Å². The SMILES string of the molecule is Cc1ccc(C(=O)NCC(=O)NCC(=O)N2CCCc3ccccc32)cc1. The van der Waals surface area contributed by atoms with Gasteiger partial charge in [-0.15, -0.1) is 0 Å². The van der Waals surface area contributed by atoms with E-state index in [4.69, 9.17) is 0 Å². The van der Waals surface area contributed by atoms with Gasteiger partial charge in [-0.1, -0.05) is 35.9 Å². The topological polar surface area (TPSA) is 78.5 Å². The standard InChI is InChI=1S/C21H23N3O3/c1-15-8-10-17(11-9-15)21(27)23-13-19(25)22-14-20(26)24-12-4-6-16-5-2-3-7-18(16)24/h2-3,5,7-11H,4,6,12-14H2,1H3,(H,22,25)(H,23,27). The van der Waals surface area contributed by atoms with Crippen molar-refractivity contribution in [2.24, 2.45) is 0 Å². The quantitative estimate of drug-likeness (QED) is 0.848. The Balaban J connectivity index is 1.47. The number of aryl methyl sites for hydroxylation is 2. The summed E-state index contributed by atoms with van der Waals surface area (Å²) in [6.45, 7) is 2.33. The molecule has 1 aliphatic heterocycles. The van der Waals surface area contributed by atoms with Crippen LogP contribution in [0.2, 0.25) is 0 Å². The third-order valence-electron chi connectivity index (χ3n) is 4.57. The van der Waals surface area contributed by atoms with Crippen molar-refractivity contribution in [2.45, 2.75) is 19.8 Å². The van der Waals surface area contributed by atoms with Gasteiger partial charge in [0.15, 0.2) is 0 Å². The fraction of sp³-hybridized carbons (Fsp3) is 0.286. The molecule has 0 saturated heterocycles. The second kappa shape index (κ2) is 8.49. The third-order valence-corrected chi connectivity index (χ3v) is 4.57. The number of para-hydroxylation sites is 1. The number of hydrogen-bond acceptors (Lipinski definition) is 3. The molecule has 3 amide bonds. The zero-order chi connectivity index (χ0) is 19.2. The Bertz CT molecular complexity index is 846. The second-order valence-corrected chi connectivity index (χ2v) is 6.60. The molecule has 0 spiro atoms. The molecule has 0 fully saturated rings. The van der Waals surface area contributed by atoms with Gasteiger partial charge in [0.25, 0.3) is 5.91 Å². The number of anilines is 1. The van der Waals surface area contributed by atoms with E-state index in [0.29, 0.717) is 12.1 Å². The van der Waals surface area contributed by atoms with Crippen molar-refractivity contribution in [3.8, 4) is 0 Å². The van der Waals surface area contributed by atoms with E-state index in [1.807, 2.05) is 43.3 Å². The first-order chi connectivity index (χ1) is 13.0. The van der Waals surface area contributed by atoms with Crippen LogP contribution in [0.15, 0.2) is 48.5 Å². The molecule has 0 aliphatic carbocycles. The van der Waals surface area contributed by atoms with Crippen molar-refractivity contribution >= 4 is 23.4 Å². The molecule has 6 heteroatoms. The molecule has 2 N–H and O–H groups in total. The minimum Gasteiger partial charge on any atom is -0.345 e. The summed E-state index contributed by atoms with van der Waals surface area (Å²) >= 11 is 0. The van der Waals surface area contributed by atoms with Crippen LogP contribution in [0.4, 0.5) is 5.69 Å². The highest BCUT2D eigenvalue weighted by Crippen LogP contribution is 2.26. The average molecular weight is 365 g/mol. The summed E-state index contributed by atoms with van der Waals surface area (Å²) in [5.74, 6) is -0.865. The maximum Gasteiger partial charge on any atom is 0.251 e. The highest BCUT2D eigenvalue weighted by atomic mass is 16.2. The lowest BCUT2D eigenvalue weighted by atomic mass is 10.0. The van der Waals surface area contributed by atoms with Crippen LogP contribution >= 0.6 is 0 Å². The summed E-state index contributed by atoms with van der Waals surface area (Å²) in [4.78, 5) is 38.2. The van der Waals surface area contributed by atoms with Crippen LogP contribution in [0.3, 0.4) is 0 Å². The molecule has 1 aliphatic rings. The number of rotatable bonds is 5. The van der Waals surface area contributed by atoms with E-state index in [1.165, 1.54) is 0 Å². The summed E-state index contributed by atoms with van der Waals surface area (Å²) in [6, 6.07) is 14.9. The predicted molar refractivity (Wildman–Crippen MR) is 104 cm³/mol. The fourth-order valence-electron chi connectivity index (χ4n) is 3.09. The zero-order valence-electron chi connectivity index (χ0n) is 15.3. The molecule has 6 nitrogen and oxygen atoms in total. The number of nitrogens with one attached hydrogen (secondary N) is 2. The minimum atomic E-state index is -0.394. The molecule has 2 aromatic carbocycles. The minimum absolute atomic E-state index is 0.0897. The van der Waals surface area contributed by atoms with E-state index >= 15 is 0 Å². The Morgan fingerprint density at radius 1 is 0.963 bits per heavy atom. The van der Waals surface area contributed by atoms with Gasteiger partial charge in [-0.3, -0.25) is 14.4 Å². The van der Waals surface area contributed by atoms with E-state index < -0.39 is 5.91 Å². The Morgan fingerprint density at radius 3 is 2.48 bits per heavy atom. The molecule has 0 atom stereocenters. The van der Waals surface area contributed by atoms with Crippen molar-refractivity contribution in [3.63, 3.8) is 0 Å². The molecule has 27 heavy (non-hydrogen) atoms. The van der Waals surface area contributed by atoms with Gasteiger partial charge in [0.2, 0.25) is 11.8 Å². The molecular weight excluding hydrogens is 342 g/mol. The predicted octanol–water partition coefficient (Wildman–Crippen LogP) is 1.82. The molecule has 0 aromatic heterocycles. The van der Waals surface area contributed by atoms with Crippen LogP contribution in [0.1, 0.15) is 27.9 Å². The first-order valence-corrected chi connectivity index (χ1v) is 9.04. The number of carbonyl (C=O) groups is 3. The lowest BCUT2D eigenvalue weighted by Gasteiger charge is -2.29. The van der Waals surface area contributed by atoms with Crippen LogP contribution in [0, 0.1) is 6.92 Å². The summed E-state index contributed by atoms with van der Waals surface area (Å²) in [7, 11) is 0. The van der Waals surface area contributed by atoms with E-state index in [1.54, 1.807) is 17.0 Å². The first-order valence-electron chi connectivity index (χ1n) is 9.04. The van der Waals surface area contributed by atoms with Gasteiger partial charge < -0.3 is 15.5 Å². The molecule has 0 unspecified atom stereocenters. The number of amides is 3. The zero-order valence-corrected chi connectivity index (χ0v) is 15.3. The van der Waals surface area contributed by atoms with E-state index in [9.17, 15) is 14.4 Å². The summed E-state index contributed by atoms with van der Waals surface area (Å²) in [5, 5.41) is 5.14. The van der Waals surface area contributed by atoms with Crippen LogP contribution in [0.25, 0.3) is 0 Å². The second-order valence-electron chi connectivity index (χ2n) is 6.60. The molecule has 2 aromatic rings. The smallest absolute Gasteiger partial charge is 0.251 e. The van der Waals surface area contributed by atoms with E-state index in [2.05, 4.69) is 10.6 Å². The largest absolute Gasteiger partial charge is 0.345 e. The normalized spacial score (nSPS) is 12.9. The number of carbonyl (C=O) groups excluding carboxylic acids is 3. The van der Waals surface area contributed by atoms with Crippen molar-refractivity contribution in [3.05, 3.63) is 65.2 Å². The third kappa shape index (κ3) is 4.73. The van der Waals surface area contributed by atoms with Gasteiger partial charge in [0.05, 0.1) is 13.1 Å². The summed E-state index contributed by atoms with van der Waals surface area (Å²) in [5.41, 5.74) is 3.61. The molecule has 1 heterocycles. The Hall–Kier alpha value is -3.15. The maximum atomic E-state index is 12.5. The van der Waals surface area contributed by atoms with Gasteiger partial charge in [-0.2, -0.15) is 0 Å². The van der Waals surface area contributed by atoms with Gasteiger partial charge >= 0.3 is 0 Å². The van der Waals surface area contributed by atoms with Crippen molar-refractivity contribution in [2.75, 3.05) is 24.5 Å². The fourth-order valence-corrected chi connectivity index (χ4v) is 3.09. The van der Waals surface area contributed by atoms with Crippen LogP contribution < -0.4 is 15.5 Å². The monoisotopic (exact) mass is 365 g/mol. The van der Waals surface area contributed by atoms with Gasteiger partial charge in [0, 0.05) is 17.8 Å². The van der Waals surface area contributed by atoms with Crippen molar-refractivity contribution < 1.29 is 14.4 Å². The number of nitrogens with zero attached hydrogens (tertiary/aromatic N) is 1. The van der Waals surface area contributed by atoms with E-state index in [0.717, 1.165) is 29.7 Å². The molecule has 0 saturated carbocycles. The summed E-state index contributed by atoms with van der Waals surface area (Å²) in [6.07, 6.45) is 1.86. The highest BCUT2D eigenvalue weighted by molar-refractivity contribution is 5.99. The Morgan fingerprint density at radius 2 is 1.70 bits per heavy atom. The van der Waals surface area contributed by atoms with Crippen molar-refractivity contribution in [1.29, 1.82) is 0 Å². The van der Waals surface area contributed by atoms with Gasteiger partial charge in [-0.05, 0) is 43.5 Å². The Kier molecular flexibility index (Phi) is 5.86. The Labute approximate surface area is 158 Å². The molecular formula is C21H23N3O3. The molecule has 140 valence electrons. The first kappa shape index (κ1) is 18.6. The number of fused-ring (bicyclic) bond motifs is 1. The summed E-state index contributed by atoms with van der Waals surface area (Å²) < 4.78 is 0. The van der Waals surface area contributed by atoms with Gasteiger partial charge in [-0.25, -0.2) is 0 Å². The van der Waals surface area contributed by atoms with Crippen molar-refractivity contribution in [1.82, 2.24) is 10.6 Å². The van der Waals surface area contributed by atoms with Crippen LogP contribution in [-0.4, -0.2) is 37.4 Å². The van der Waals surface area contributed by atoms with Crippen LogP contribution in [0.5, 0.6) is 0 Å². The maximum absolute atomic E-state index is 12.5. The lowest BCUT2D eigenvalue weighted by molar-refractivity contribution is -0.124.